The first-order valence-electron chi connectivity index (χ1n) is 5.93. The smallest absolute Gasteiger partial charge is 0.0422 e. The predicted octanol–water partition coefficient (Wildman–Crippen LogP) is 2.89. The molecular weight excluding hydrogens is 208 g/mol. The monoisotopic (exact) mass is 226 g/mol. The number of hydrogen-bond acceptors (Lipinski definition) is 2. The Bertz CT molecular complexity index is 448. The molecule has 0 radical (unpaired) electrons. The van der Waals surface area contributed by atoms with Crippen LogP contribution in [0.25, 0.3) is 0 Å². The van der Waals surface area contributed by atoms with Crippen molar-refractivity contribution in [3.63, 3.8) is 0 Å². The number of aromatic nitrogens is 1. The summed E-state index contributed by atoms with van der Waals surface area (Å²) >= 11 is 0. The first-order valence-corrected chi connectivity index (χ1v) is 5.93. The highest BCUT2D eigenvalue weighted by molar-refractivity contribution is 5.25. The van der Waals surface area contributed by atoms with Crippen LogP contribution in [-0.2, 0) is 6.42 Å². The first kappa shape index (κ1) is 11.8. The molecule has 1 heterocycles. The topological polar surface area (TPSA) is 24.9 Å². The highest BCUT2D eigenvalue weighted by Crippen LogP contribution is 2.17. The second-order valence-electron chi connectivity index (χ2n) is 4.28. The van der Waals surface area contributed by atoms with Crippen molar-refractivity contribution in [3.05, 3.63) is 65.5 Å². The van der Waals surface area contributed by atoms with E-state index in [1.165, 1.54) is 11.1 Å². The molecule has 1 atom stereocenters. The standard InChI is InChI=1S/C15H18N2/c1-12-6-8-13(9-7-12)15(16-2)11-14-5-3-4-10-17-14/h3-10,15-16H,11H2,1-2H3. The van der Waals surface area contributed by atoms with Crippen LogP contribution in [-0.4, -0.2) is 12.0 Å². The Labute approximate surface area is 103 Å². The van der Waals surface area contributed by atoms with E-state index < -0.39 is 0 Å². The van der Waals surface area contributed by atoms with E-state index in [-0.39, 0.29) is 0 Å². The van der Waals surface area contributed by atoms with Crippen molar-refractivity contribution in [1.82, 2.24) is 10.3 Å². The predicted molar refractivity (Wildman–Crippen MR) is 70.9 cm³/mol. The fourth-order valence-corrected chi connectivity index (χ4v) is 1.91. The van der Waals surface area contributed by atoms with E-state index in [4.69, 9.17) is 0 Å². The van der Waals surface area contributed by atoms with Gasteiger partial charge in [-0.15, -0.1) is 0 Å². The van der Waals surface area contributed by atoms with Gasteiger partial charge in [0.2, 0.25) is 0 Å². The molecule has 0 aliphatic rings. The van der Waals surface area contributed by atoms with E-state index in [0.717, 1.165) is 12.1 Å². The summed E-state index contributed by atoms with van der Waals surface area (Å²) < 4.78 is 0. The Balaban J connectivity index is 2.14. The summed E-state index contributed by atoms with van der Waals surface area (Å²) in [6.45, 7) is 2.11. The van der Waals surface area contributed by atoms with Gasteiger partial charge in [0.1, 0.15) is 0 Å². The zero-order valence-corrected chi connectivity index (χ0v) is 10.4. The van der Waals surface area contributed by atoms with Crippen LogP contribution in [0.3, 0.4) is 0 Å². The Kier molecular flexibility index (Phi) is 3.89. The minimum Gasteiger partial charge on any atom is -0.313 e. The number of nitrogens with zero attached hydrogens (tertiary/aromatic N) is 1. The molecular formula is C15H18N2. The molecule has 2 rings (SSSR count). The Hall–Kier alpha value is -1.67. The lowest BCUT2D eigenvalue weighted by molar-refractivity contribution is 0.584. The van der Waals surface area contributed by atoms with Gasteiger partial charge in [-0.1, -0.05) is 35.9 Å². The molecule has 1 N–H and O–H groups in total. The van der Waals surface area contributed by atoms with Crippen molar-refractivity contribution in [2.24, 2.45) is 0 Å². The molecule has 0 saturated carbocycles. The SMILES string of the molecule is CNC(Cc1ccccn1)c1ccc(C)cc1. The molecule has 0 bridgehead atoms. The van der Waals surface area contributed by atoms with E-state index in [1.807, 2.05) is 25.4 Å². The number of benzene rings is 1. The summed E-state index contributed by atoms with van der Waals surface area (Å²) in [5, 5.41) is 3.35. The first-order chi connectivity index (χ1) is 8.29. The highest BCUT2D eigenvalue weighted by Gasteiger charge is 2.10. The van der Waals surface area contributed by atoms with Gasteiger partial charge in [-0.2, -0.15) is 0 Å². The quantitative estimate of drug-likeness (QED) is 0.867. The summed E-state index contributed by atoms with van der Waals surface area (Å²) in [6, 6.07) is 15.0. The summed E-state index contributed by atoms with van der Waals surface area (Å²) in [5.74, 6) is 0. The minimum absolute atomic E-state index is 0.325. The van der Waals surface area contributed by atoms with Gasteiger partial charge in [-0.05, 0) is 31.7 Å². The summed E-state index contributed by atoms with van der Waals surface area (Å²) in [7, 11) is 1.99. The van der Waals surface area contributed by atoms with Gasteiger partial charge in [0.15, 0.2) is 0 Å². The summed E-state index contributed by atoms with van der Waals surface area (Å²) in [4.78, 5) is 4.37. The fourth-order valence-electron chi connectivity index (χ4n) is 1.91. The van der Waals surface area contributed by atoms with Gasteiger partial charge in [0, 0.05) is 24.4 Å². The third kappa shape index (κ3) is 3.14. The van der Waals surface area contributed by atoms with Crippen LogP contribution in [0.1, 0.15) is 22.9 Å². The second-order valence-corrected chi connectivity index (χ2v) is 4.28. The van der Waals surface area contributed by atoms with E-state index >= 15 is 0 Å². The lowest BCUT2D eigenvalue weighted by Crippen LogP contribution is -2.19. The molecule has 2 nitrogen and oxygen atoms in total. The number of likely N-dealkylation sites (N-methyl/N-ethyl adjacent to an activating group) is 1. The number of aryl methyl sites for hydroxylation is 1. The largest absolute Gasteiger partial charge is 0.313 e. The molecule has 0 aliphatic heterocycles. The van der Waals surface area contributed by atoms with Crippen molar-refractivity contribution in [3.8, 4) is 0 Å². The van der Waals surface area contributed by atoms with Crippen LogP contribution in [0.2, 0.25) is 0 Å². The van der Waals surface area contributed by atoms with Crippen LogP contribution >= 0.6 is 0 Å². The van der Waals surface area contributed by atoms with Gasteiger partial charge < -0.3 is 5.32 Å². The van der Waals surface area contributed by atoms with E-state index in [0.29, 0.717) is 6.04 Å². The molecule has 0 fully saturated rings. The third-order valence-corrected chi connectivity index (χ3v) is 2.97. The Morgan fingerprint density at radius 3 is 2.47 bits per heavy atom. The zero-order chi connectivity index (χ0) is 12.1. The average molecular weight is 226 g/mol. The van der Waals surface area contributed by atoms with Crippen molar-refractivity contribution in [1.29, 1.82) is 0 Å². The maximum atomic E-state index is 4.37. The molecule has 2 aromatic rings. The number of nitrogens with one attached hydrogen (secondary N) is 1. The summed E-state index contributed by atoms with van der Waals surface area (Å²) in [5.41, 5.74) is 3.72. The maximum Gasteiger partial charge on any atom is 0.0422 e. The number of pyridine rings is 1. The average Bonchev–Trinajstić information content (AvgIpc) is 2.38. The van der Waals surface area contributed by atoms with E-state index in [9.17, 15) is 0 Å². The molecule has 88 valence electrons. The van der Waals surface area contributed by atoms with Crippen LogP contribution < -0.4 is 5.32 Å². The fraction of sp³-hybridized carbons (Fsp3) is 0.267. The van der Waals surface area contributed by atoms with Crippen molar-refractivity contribution < 1.29 is 0 Å². The van der Waals surface area contributed by atoms with E-state index in [1.54, 1.807) is 0 Å². The Morgan fingerprint density at radius 1 is 1.12 bits per heavy atom. The third-order valence-electron chi connectivity index (χ3n) is 2.97. The van der Waals surface area contributed by atoms with E-state index in [2.05, 4.69) is 47.6 Å². The lowest BCUT2D eigenvalue weighted by atomic mass is 10.0. The lowest BCUT2D eigenvalue weighted by Gasteiger charge is -2.16. The van der Waals surface area contributed by atoms with Crippen molar-refractivity contribution >= 4 is 0 Å². The highest BCUT2D eigenvalue weighted by atomic mass is 14.9. The molecule has 0 aliphatic carbocycles. The molecule has 17 heavy (non-hydrogen) atoms. The van der Waals surface area contributed by atoms with Crippen molar-refractivity contribution in [2.45, 2.75) is 19.4 Å². The molecule has 0 spiro atoms. The van der Waals surface area contributed by atoms with Gasteiger partial charge in [-0.25, -0.2) is 0 Å². The number of hydrogen-bond donors (Lipinski definition) is 1. The normalized spacial score (nSPS) is 12.4. The van der Waals surface area contributed by atoms with Crippen molar-refractivity contribution in [2.75, 3.05) is 7.05 Å². The van der Waals surface area contributed by atoms with Gasteiger partial charge in [0.05, 0.1) is 0 Å². The zero-order valence-electron chi connectivity index (χ0n) is 10.4. The molecule has 1 aromatic carbocycles. The van der Waals surface area contributed by atoms with Gasteiger partial charge in [-0.3, -0.25) is 4.98 Å². The number of rotatable bonds is 4. The van der Waals surface area contributed by atoms with Gasteiger partial charge >= 0.3 is 0 Å². The van der Waals surface area contributed by atoms with Crippen LogP contribution in [0.5, 0.6) is 0 Å². The van der Waals surface area contributed by atoms with Crippen LogP contribution in [0.15, 0.2) is 48.7 Å². The van der Waals surface area contributed by atoms with Crippen LogP contribution in [0, 0.1) is 6.92 Å². The molecule has 2 heteroatoms. The molecule has 1 unspecified atom stereocenters. The molecule has 1 aromatic heterocycles. The molecule has 0 saturated heterocycles. The van der Waals surface area contributed by atoms with Gasteiger partial charge in [0.25, 0.3) is 0 Å². The summed E-state index contributed by atoms with van der Waals surface area (Å²) in [6.07, 6.45) is 2.76. The Morgan fingerprint density at radius 2 is 1.88 bits per heavy atom. The molecule has 0 amide bonds. The minimum atomic E-state index is 0.325. The van der Waals surface area contributed by atoms with Crippen LogP contribution in [0.4, 0.5) is 0 Å². The second kappa shape index (κ2) is 5.60. The maximum absolute atomic E-state index is 4.37.